The Kier molecular flexibility index (Phi) is 5.70. The van der Waals surface area contributed by atoms with Gasteiger partial charge in [0.25, 0.3) is 0 Å². The molecule has 1 fully saturated rings. The van der Waals surface area contributed by atoms with Crippen molar-refractivity contribution in [2.75, 3.05) is 12.8 Å². The molecule has 2 aliphatic rings. The minimum Gasteiger partial charge on any atom is -0.386 e. The van der Waals surface area contributed by atoms with Crippen LogP contribution < -0.4 is 5.73 Å². The van der Waals surface area contributed by atoms with Crippen molar-refractivity contribution in [2.24, 2.45) is 0 Å². The van der Waals surface area contributed by atoms with E-state index in [0.29, 0.717) is 34.2 Å². The van der Waals surface area contributed by atoms with Gasteiger partial charge >= 0.3 is 0 Å². The molecule has 2 atom stereocenters. The van der Waals surface area contributed by atoms with E-state index in [2.05, 4.69) is 21.5 Å². The second-order valence-corrected chi connectivity index (χ2v) is 8.84. The van der Waals surface area contributed by atoms with E-state index in [9.17, 15) is 9.50 Å². The minimum atomic E-state index is -1.17. The quantitative estimate of drug-likeness (QED) is 0.513. The zero-order valence-corrected chi connectivity index (χ0v) is 18.8. The summed E-state index contributed by atoms with van der Waals surface area (Å²) in [6.07, 6.45) is 2.54. The number of aliphatic hydroxyl groups is 2. The van der Waals surface area contributed by atoms with E-state index in [1.54, 1.807) is 21.0 Å². The van der Waals surface area contributed by atoms with Crippen LogP contribution in [0.25, 0.3) is 22.3 Å². The number of anilines is 1. The molecular weight excluding hydrogens is 437 g/mol. The lowest BCUT2D eigenvalue weighted by Gasteiger charge is -2.23. The van der Waals surface area contributed by atoms with E-state index in [1.165, 1.54) is 12.3 Å². The molecule has 1 unspecified atom stereocenters. The Bertz CT molecular complexity index is 1220. The van der Waals surface area contributed by atoms with Crippen LogP contribution in [0.5, 0.6) is 0 Å². The SMILES string of the molecule is C=C1C(O)[C@H]1OC.CC(C)(O)c1nc2c(F)cc(-c3nc(N)ncc3Cl)c3c2n1CCC3. The molecule has 0 amide bonds. The van der Waals surface area contributed by atoms with Crippen molar-refractivity contribution in [1.29, 1.82) is 0 Å². The number of aromatic nitrogens is 4. The van der Waals surface area contributed by atoms with Crippen LogP contribution >= 0.6 is 11.6 Å². The predicted octanol–water partition coefficient (Wildman–Crippen LogP) is 2.97. The lowest BCUT2D eigenvalue weighted by atomic mass is 9.95. The van der Waals surface area contributed by atoms with Crippen molar-refractivity contribution in [3.63, 3.8) is 0 Å². The van der Waals surface area contributed by atoms with Crippen LogP contribution in [0.1, 0.15) is 31.7 Å². The number of nitrogens with two attached hydrogens (primary N) is 1. The Labute approximate surface area is 189 Å². The van der Waals surface area contributed by atoms with Gasteiger partial charge in [-0.15, -0.1) is 0 Å². The topological polar surface area (TPSA) is 119 Å². The molecular formula is C22H25ClFN5O3. The maximum Gasteiger partial charge on any atom is 0.220 e. The third-order valence-electron chi connectivity index (χ3n) is 5.63. The summed E-state index contributed by atoms with van der Waals surface area (Å²) in [5.41, 5.74) is 8.16. The average Bonchev–Trinajstić information content (AvgIpc) is 3.12. The van der Waals surface area contributed by atoms with Crippen LogP contribution in [0.15, 0.2) is 24.4 Å². The van der Waals surface area contributed by atoms with Crippen LogP contribution in [-0.2, 0) is 23.3 Å². The number of rotatable bonds is 3. The highest BCUT2D eigenvalue weighted by atomic mass is 35.5. The molecule has 3 aromatic rings. The van der Waals surface area contributed by atoms with E-state index in [1.807, 2.05) is 4.57 Å². The van der Waals surface area contributed by atoms with Crippen molar-refractivity contribution >= 4 is 28.6 Å². The van der Waals surface area contributed by atoms with Gasteiger partial charge in [0.15, 0.2) is 5.82 Å². The Balaban J connectivity index is 0.000000300. The van der Waals surface area contributed by atoms with Crippen LogP contribution in [0.2, 0.25) is 5.02 Å². The molecule has 170 valence electrons. The van der Waals surface area contributed by atoms with Crippen LogP contribution in [0.4, 0.5) is 10.3 Å². The number of hydrogen-bond acceptors (Lipinski definition) is 7. The highest BCUT2D eigenvalue weighted by Gasteiger charge is 2.41. The number of nitrogen functional groups attached to an aromatic ring is 1. The summed E-state index contributed by atoms with van der Waals surface area (Å²) >= 11 is 6.23. The van der Waals surface area contributed by atoms with E-state index in [4.69, 9.17) is 27.2 Å². The highest BCUT2D eigenvalue weighted by Crippen LogP contribution is 2.39. The number of benzene rings is 1. The zero-order valence-electron chi connectivity index (χ0n) is 18.1. The van der Waals surface area contributed by atoms with Gasteiger partial charge in [-0.3, -0.25) is 0 Å². The minimum absolute atomic E-state index is 0.0694. The number of imidazole rings is 1. The number of aryl methyl sites for hydroxylation is 2. The van der Waals surface area contributed by atoms with Gasteiger partial charge in [0.05, 0.1) is 22.4 Å². The zero-order chi connectivity index (χ0) is 23.4. The van der Waals surface area contributed by atoms with Gasteiger partial charge in [0.2, 0.25) is 5.95 Å². The second kappa shape index (κ2) is 8.08. The van der Waals surface area contributed by atoms with Crippen molar-refractivity contribution in [3.05, 3.63) is 46.6 Å². The lowest BCUT2D eigenvalue weighted by molar-refractivity contribution is 0.0649. The van der Waals surface area contributed by atoms with E-state index >= 15 is 0 Å². The number of methoxy groups -OCH3 is 1. The summed E-state index contributed by atoms with van der Waals surface area (Å²) < 4.78 is 21.4. The fourth-order valence-electron chi connectivity index (χ4n) is 4.02. The summed E-state index contributed by atoms with van der Waals surface area (Å²) in [7, 11) is 1.56. The first-order valence-corrected chi connectivity index (χ1v) is 10.5. The molecule has 3 heterocycles. The molecule has 5 rings (SSSR count). The van der Waals surface area contributed by atoms with Crippen LogP contribution in [0, 0.1) is 5.82 Å². The largest absolute Gasteiger partial charge is 0.386 e. The molecule has 1 saturated carbocycles. The summed E-state index contributed by atoms with van der Waals surface area (Å²) in [6.45, 7) is 7.49. The molecule has 2 aromatic heterocycles. The van der Waals surface area contributed by atoms with Gasteiger partial charge in [0, 0.05) is 19.2 Å². The molecule has 1 aliphatic heterocycles. The molecule has 0 bridgehead atoms. The predicted molar refractivity (Wildman–Crippen MR) is 120 cm³/mol. The molecule has 8 nitrogen and oxygen atoms in total. The molecule has 4 N–H and O–H groups in total. The van der Waals surface area contributed by atoms with Gasteiger partial charge in [-0.1, -0.05) is 18.2 Å². The van der Waals surface area contributed by atoms with Gasteiger partial charge in [-0.05, 0) is 43.9 Å². The third-order valence-corrected chi connectivity index (χ3v) is 5.90. The molecule has 0 saturated heterocycles. The van der Waals surface area contributed by atoms with E-state index < -0.39 is 11.4 Å². The lowest BCUT2D eigenvalue weighted by Crippen LogP contribution is -2.23. The molecule has 0 spiro atoms. The second-order valence-electron chi connectivity index (χ2n) is 8.43. The monoisotopic (exact) mass is 461 g/mol. The highest BCUT2D eigenvalue weighted by molar-refractivity contribution is 6.33. The number of halogens is 2. The van der Waals surface area contributed by atoms with Gasteiger partial charge in [0.1, 0.15) is 29.2 Å². The number of aliphatic hydroxyl groups excluding tert-OH is 1. The third kappa shape index (κ3) is 3.86. The maximum atomic E-state index is 14.8. The van der Waals surface area contributed by atoms with Gasteiger partial charge < -0.3 is 25.3 Å². The first-order chi connectivity index (χ1) is 15.0. The van der Waals surface area contributed by atoms with Crippen LogP contribution in [0.3, 0.4) is 0 Å². The van der Waals surface area contributed by atoms with Crippen LogP contribution in [-0.4, -0.2) is 49.0 Å². The number of nitrogens with zero attached hydrogens (tertiary/aromatic N) is 4. The average molecular weight is 462 g/mol. The maximum absolute atomic E-state index is 14.8. The smallest absolute Gasteiger partial charge is 0.220 e. The fraction of sp³-hybridized carbons (Fsp3) is 0.409. The summed E-state index contributed by atoms with van der Waals surface area (Å²) in [6, 6.07) is 1.39. The fourth-order valence-corrected chi connectivity index (χ4v) is 4.21. The normalized spacial score (nSPS) is 19.7. The van der Waals surface area contributed by atoms with E-state index in [-0.39, 0.29) is 23.7 Å². The van der Waals surface area contributed by atoms with Crippen molar-refractivity contribution in [1.82, 2.24) is 19.5 Å². The number of hydrogen-bond donors (Lipinski definition) is 3. The Morgan fingerprint density at radius 2 is 2.06 bits per heavy atom. The standard InChI is InChI=1S/C17H17ClFN5O.C5H8O2/c1-17(2,25)15-22-13-11(19)6-9(8-4-3-5-24(15)14(8)13)12-10(18)7-21-16(20)23-12;1-3-4(6)5(3)7-2/h6-7,25H,3-5H2,1-2H3,(H2,20,21,23);4-6H,1H2,2H3/t;4?,5-/m.0/s1. The van der Waals surface area contributed by atoms with Crippen molar-refractivity contribution < 1.29 is 19.3 Å². The summed E-state index contributed by atoms with van der Waals surface area (Å²) in [5, 5.41) is 19.4. The molecule has 1 aromatic carbocycles. The molecule has 32 heavy (non-hydrogen) atoms. The van der Waals surface area contributed by atoms with Gasteiger partial charge in [-0.2, -0.15) is 0 Å². The van der Waals surface area contributed by atoms with Crippen molar-refractivity contribution in [3.8, 4) is 11.3 Å². The summed E-state index contributed by atoms with van der Waals surface area (Å²) in [4.78, 5) is 12.4. The Morgan fingerprint density at radius 3 is 2.62 bits per heavy atom. The molecule has 1 aliphatic carbocycles. The molecule has 0 radical (unpaired) electrons. The summed E-state index contributed by atoms with van der Waals surface area (Å²) in [5.74, 6) is 0.0505. The van der Waals surface area contributed by atoms with Crippen molar-refractivity contribution in [2.45, 2.75) is 51.0 Å². The first kappa shape index (κ1) is 22.6. The number of ether oxygens (including phenoxy) is 1. The molecule has 10 heteroatoms. The van der Waals surface area contributed by atoms with E-state index in [0.717, 1.165) is 24.0 Å². The Hall–Kier alpha value is -2.59. The first-order valence-electron chi connectivity index (χ1n) is 10.2. The Morgan fingerprint density at radius 1 is 1.38 bits per heavy atom. The van der Waals surface area contributed by atoms with Gasteiger partial charge in [-0.25, -0.2) is 19.3 Å².